The van der Waals surface area contributed by atoms with Crippen molar-refractivity contribution in [2.75, 3.05) is 52.2 Å². The number of halogens is 1. The number of rotatable bonds is 10. The molecule has 0 aromatic heterocycles. The van der Waals surface area contributed by atoms with Crippen LogP contribution in [0.5, 0.6) is 5.75 Å². The number of nitrogens with zero attached hydrogens (tertiary/aromatic N) is 1. The molecule has 3 N–H and O–H groups in total. The molecule has 9 heteroatoms. The minimum absolute atomic E-state index is 0.104. The third-order valence-electron chi connectivity index (χ3n) is 4.69. The van der Waals surface area contributed by atoms with Gasteiger partial charge in [-0.1, -0.05) is 11.6 Å². The van der Waals surface area contributed by atoms with Crippen LogP contribution in [0.25, 0.3) is 0 Å². The Morgan fingerprint density at radius 1 is 1.38 bits per heavy atom. The van der Waals surface area contributed by atoms with Gasteiger partial charge < -0.3 is 25.3 Å². The molecular weight excluding hydrogens is 398 g/mol. The van der Waals surface area contributed by atoms with Crippen molar-refractivity contribution in [2.24, 2.45) is 0 Å². The molecule has 0 bridgehead atoms. The average Bonchev–Trinajstić information content (AvgIpc) is 2.71. The molecular formula is C20H30ClN3O5. The van der Waals surface area contributed by atoms with Crippen LogP contribution < -0.4 is 15.8 Å². The van der Waals surface area contributed by atoms with E-state index in [-0.39, 0.29) is 18.0 Å². The normalized spacial score (nSPS) is 17.0. The van der Waals surface area contributed by atoms with Crippen molar-refractivity contribution in [3.8, 4) is 5.75 Å². The summed E-state index contributed by atoms with van der Waals surface area (Å²) in [6.07, 6.45) is 2.06. The van der Waals surface area contributed by atoms with Crippen LogP contribution in [-0.4, -0.2) is 69.4 Å². The second-order valence-corrected chi connectivity index (χ2v) is 7.25. The van der Waals surface area contributed by atoms with Gasteiger partial charge in [-0.05, 0) is 32.4 Å². The minimum Gasteiger partial charge on any atom is -0.496 e. The number of anilines is 1. The lowest BCUT2D eigenvalue weighted by molar-refractivity contribution is -0.143. The fourth-order valence-electron chi connectivity index (χ4n) is 3.16. The smallest absolute Gasteiger partial charge is 0.305 e. The summed E-state index contributed by atoms with van der Waals surface area (Å²) in [6.45, 7) is 5.66. The van der Waals surface area contributed by atoms with E-state index in [1.54, 1.807) is 0 Å². The third-order valence-corrected chi connectivity index (χ3v) is 5.01. The standard InChI is InChI=1S/C20H30ClN3O5/c1-3-28-19(25)6-4-5-7-24-8-9-29-14(13-24)12-23-20(26)15-10-16(21)17(22)11-18(15)27-2/h10-11,14H,3-9,12-13,22H2,1-2H3,(H,23,26). The predicted molar refractivity (Wildman–Crippen MR) is 111 cm³/mol. The number of nitrogens with two attached hydrogens (primary N) is 1. The number of morpholine rings is 1. The summed E-state index contributed by atoms with van der Waals surface area (Å²) in [6, 6.07) is 3.04. The van der Waals surface area contributed by atoms with Crippen molar-refractivity contribution < 1.29 is 23.8 Å². The van der Waals surface area contributed by atoms with E-state index in [1.807, 2.05) is 6.92 Å². The Kier molecular flexibility index (Phi) is 9.50. The second kappa shape index (κ2) is 11.8. The highest BCUT2D eigenvalue weighted by Gasteiger charge is 2.22. The molecule has 1 unspecified atom stereocenters. The van der Waals surface area contributed by atoms with Gasteiger partial charge in [0.25, 0.3) is 5.91 Å². The lowest BCUT2D eigenvalue weighted by Crippen LogP contribution is -2.47. The van der Waals surface area contributed by atoms with Gasteiger partial charge in [-0.2, -0.15) is 0 Å². The lowest BCUT2D eigenvalue weighted by Gasteiger charge is -2.33. The Morgan fingerprint density at radius 2 is 2.17 bits per heavy atom. The zero-order chi connectivity index (χ0) is 21.2. The number of ether oxygens (including phenoxy) is 3. The number of carbonyl (C=O) groups excluding carboxylic acids is 2. The minimum atomic E-state index is -0.293. The number of amides is 1. The molecule has 29 heavy (non-hydrogen) atoms. The van der Waals surface area contributed by atoms with Gasteiger partial charge in [0.1, 0.15) is 5.75 Å². The van der Waals surface area contributed by atoms with E-state index in [1.165, 1.54) is 19.2 Å². The molecule has 1 aromatic rings. The monoisotopic (exact) mass is 427 g/mol. The number of carbonyl (C=O) groups is 2. The van der Waals surface area contributed by atoms with Crippen LogP contribution in [0.1, 0.15) is 36.5 Å². The van der Waals surface area contributed by atoms with Crippen molar-refractivity contribution in [2.45, 2.75) is 32.3 Å². The summed E-state index contributed by atoms with van der Waals surface area (Å²) >= 11 is 6.03. The number of hydrogen-bond donors (Lipinski definition) is 2. The molecule has 1 saturated heterocycles. The molecule has 0 radical (unpaired) electrons. The lowest BCUT2D eigenvalue weighted by atomic mass is 10.1. The zero-order valence-electron chi connectivity index (χ0n) is 17.0. The molecule has 162 valence electrons. The molecule has 0 saturated carbocycles. The summed E-state index contributed by atoms with van der Waals surface area (Å²) in [5.41, 5.74) is 6.45. The number of methoxy groups -OCH3 is 1. The molecule has 1 aromatic carbocycles. The molecule has 1 fully saturated rings. The van der Waals surface area contributed by atoms with Gasteiger partial charge in [0.05, 0.1) is 42.7 Å². The van der Waals surface area contributed by atoms with Gasteiger partial charge >= 0.3 is 5.97 Å². The first-order valence-corrected chi connectivity index (χ1v) is 10.2. The maximum Gasteiger partial charge on any atom is 0.305 e. The van der Waals surface area contributed by atoms with Gasteiger partial charge in [0, 0.05) is 32.1 Å². The molecule has 1 atom stereocenters. The van der Waals surface area contributed by atoms with E-state index in [0.717, 1.165) is 32.5 Å². The van der Waals surface area contributed by atoms with E-state index >= 15 is 0 Å². The van der Waals surface area contributed by atoms with Crippen molar-refractivity contribution in [3.63, 3.8) is 0 Å². The van der Waals surface area contributed by atoms with Crippen molar-refractivity contribution in [1.82, 2.24) is 10.2 Å². The maximum absolute atomic E-state index is 12.5. The van der Waals surface area contributed by atoms with Gasteiger partial charge in [-0.15, -0.1) is 0 Å². The number of esters is 1. The van der Waals surface area contributed by atoms with Crippen molar-refractivity contribution in [3.05, 3.63) is 22.7 Å². The molecule has 1 aliphatic heterocycles. The molecule has 1 amide bonds. The van der Waals surface area contributed by atoms with E-state index < -0.39 is 0 Å². The highest BCUT2D eigenvalue weighted by Crippen LogP contribution is 2.28. The van der Waals surface area contributed by atoms with Crippen LogP contribution in [0, 0.1) is 0 Å². The topological polar surface area (TPSA) is 103 Å². The van der Waals surface area contributed by atoms with E-state index in [4.69, 9.17) is 31.5 Å². The largest absolute Gasteiger partial charge is 0.496 e. The first kappa shape index (κ1) is 23.3. The van der Waals surface area contributed by atoms with E-state index in [0.29, 0.717) is 48.2 Å². The Balaban J connectivity index is 1.77. The fraction of sp³-hybridized carbons (Fsp3) is 0.600. The highest BCUT2D eigenvalue weighted by atomic mass is 35.5. The Hall–Kier alpha value is -2.03. The van der Waals surface area contributed by atoms with Crippen LogP contribution in [0.2, 0.25) is 5.02 Å². The van der Waals surface area contributed by atoms with Crippen LogP contribution in [-0.2, 0) is 14.3 Å². The Labute approximate surface area is 176 Å². The van der Waals surface area contributed by atoms with Crippen molar-refractivity contribution >= 4 is 29.2 Å². The van der Waals surface area contributed by atoms with Gasteiger partial charge in [-0.25, -0.2) is 0 Å². The van der Waals surface area contributed by atoms with E-state index in [2.05, 4.69) is 10.2 Å². The summed E-state index contributed by atoms with van der Waals surface area (Å²) < 4.78 is 15.9. The third kappa shape index (κ3) is 7.38. The van der Waals surface area contributed by atoms with Gasteiger partial charge in [0.15, 0.2) is 0 Å². The predicted octanol–water partition coefficient (Wildman–Crippen LogP) is 2.09. The summed E-state index contributed by atoms with van der Waals surface area (Å²) in [5.74, 6) is -0.0654. The summed E-state index contributed by atoms with van der Waals surface area (Å²) in [4.78, 5) is 26.2. The van der Waals surface area contributed by atoms with E-state index in [9.17, 15) is 9.59 Å². The number of hydrogen-bond acceptors (Lipinski definition) is 7. The van der Waals surface area contributed by atoms with Gasteiger partial charge in [0.2, 0.25) is 0 Å². The van der Waals surface area contributed by atoms with Crippen LogP contribution >= 0.6 is 11.6 Å². The number of nitrogens with one attached hydrogen (secondary N) is 1. The first-order chi connectivity index (χ1) is 13.9. The molecule has 2 rings (SSSR count). The number of nitrogen functional groups attached to an aromatic ring is 1. The number of benzene rings is 1. The summed E-state index contributed by atoms with van der Waals surface area (Å²) in [7, 11) is 1.48. The molecule has 1 aliphatic rings. The Morgan fingerprint density at radius 3 is 2.90 bits per heavy atom. The maximum atomic E-state index is 12.5. The second-order valence-electron chi connectivity index (χ2n) is 6.84. The summed E-state index contributed by atoms with van der Waals surface area (Å²) in [5, 5.41) is 3.18. The highest BCUT2D eigenvalue weighted by molar-refractivity contribution is 6.33. The number of unbranched alkanes of at least 4 members (excludes halogenated alkanes) is 1. The van der Waals surface area contributed by atoms with Crippen LogP contribution in [0.3, 0.4) is 0 Å². The van der Waals surface area contributed by atoms with Crippen LogP contribution in [0.4, 0.5) is 5.69 Å². The SMILES string of the molecule is CCOC(=O)CCCCN1CCOC(CNC(=O)c2cc(Cl)c(N)cc2OC)C1. The zero-order valence-corrected chi connectivity index (χ0v) is 17.8. The first-order valence-electron chi connectivity index (χ1n) is 9.85. The van der Waals surface area contributed by atoms with Gasteiger partial charge in [-0.3, -0.25) is 14.5 Å². The Bertz CT molecular complexity index is 701. The molecule has 0 aliphatic carbocycles. The fourth-order valence-corrected chi connectivity index (χ4v) is 3.33. The molecule has 0 spiro atoms. The van der Waals surface area contributed by atoms with Crippen LogP contribution in [0.15, 0.2) is 12.1 Å². The van der Waals surface area contributed by atoms with Crippen molar-refractivity contribution in [1.29, 1.82) is 0 Å². The quantitative estimate of drug-likeness (QED) is 0.335. The average molecular weight is 428 g/mol. The molecule has 8 nitrogen and oxygen atoms in total. The molecule has 1 heterocycles.